The molecule has 0 N–H and O–H groups in total. The number of carbonyl (C=O) groups is 4. The summed E-state index contributed by atoms with van der Waals surface area (Å²) in [4.78, 5) is 56.5. The molecule has 0 aromatic carbocycles. The first-order chi connectivity index (χ1) is 21.0. The van der Waals surface area contributed by atoms with Gasteiger partial charge in [-0.3, -0.25) is 19.2 Å². The Hall–Kier alpha value is -1.40. The molecule has 12 nitrogen and oxygen atoms in total. The van der Waals surface area contributed by atoms with E-state index in [-0.39, 0.29) is 49.9 Å². The van der Waals surface area contributed by atoms with Crippen LogP contribution < -0.4 is 21.0 Å². The van der Waals surface area contributed by atoms with Crippen LogP contribution in [-0.2, 0) is 64.9 Å². The van der Waals surface area contributed by atoms with Gasteiger partial charge in [0.05, 0.1) is 23.7 Å². The van der Waals surface area contributed by atoms with Gasteiger partial charge in [-0.2, -0.15) is 0 Å². The third kappa shape index (κ3) is 32.3. The molecule has 0 heterocycles. The summed E-state index contributed by atoms with van der Waals surface area (Å²) in [5.74, 6) is -3.19. The van der Waals surface area contributed by atoms with E-state index in [0.29, 0.717) is 25.7 Å². The van der Waals surface area contributed by atoms with Crippen LogP contribution in [0.2, 0.25) is 0 Å². The van der Waals surface area contributed by atoms with Crippen LogP contribution in [-0.4, -0.2) is 23.9 Å². The molecule has 4 unspecified atom stereocenters. The molecule has 264 valence electrons. The minimum absolute atomic E-state index is 0. The number of hydrogen-bond acceptors (Lipinski definition) is 12. The van der Waals surface area contributed by atoms with Crippen molar-refractivity contribution < 1.29 is 86.0 Å². The summed E-state index contributed by atoms with van der Waals surface area (Å²) in [5.41, 5.74) is 0. The second-order valence-corrected chi connectivity index (χ2v) is 10.6. The smallest absolute Gasteiger partial charge is 0.662 e. The van der Waals surface area contributed by atoms with E-state index in [9.17, 15) is 40.2 Å². The summed E-state index contributed by atoms with van der Waals surface area (Å²) in [6.45, 7) is 15.7. The van der Waals surface area contributed by atoms with Gasteiger partial charge in [0, 0.05) is 0 Å². The van der Waals surface area contributed by atoms with Crippen LogP contribution >= 0.6 is 0 Å². The third-order valence-electron chi connectivity index (χ3n) is 7.26. The number of hydrogen-bond donors (Lipinski definition) is 0. The fourth-order valence-electron chi connectivity index (χ4n) is 4.03. The predicted molar refractivity (Wildman–Crippen MR) is 158 cm³/mol. The molecule has 13 heteroatoms. The van der Waals surface area contributed by atoms with Crippen molar-refractivity contribution in [1.29, 1.82) is 0 Å². The summed E-state index contributed by atoms with van der Waals surface area (Å²) in [5, 5.41) is 39.0. The maximum atomic E-state index is 10.7. The molecular weight excluding hydrogens is 668 g/mol. The summed E-state index contributed by atoms with van der Waals surface area (Å²) >= 11 is 0. The molecule has 0 bridgehead atoms. The molecule has 0 aromatic heterocycles. The van der Waals surface area contributed by atoms with Gasteiger partial charge in [-0.05, 0) is 51.4 Å². The fourth-order valence-corrected chi connectivity index (χ4v) is 4.03. The SMILES string of the molecule is CCCCC(CC)C(=O)O[O-].CCCCC(CC)C(=O)O[O-].CCCCC(CC)C(=O)O[O-].CCCCC(CC)C(=O)O[O-].[Zr+4]. The van der Waals surface area contributed by atoms with Crippen molar-refractivity contribution in [2.24, 2.45) is 23.7 Å². The Balaban J connectivity index is -0.000000157. The molecule has 0 radical (unpaired) electrons. The first-order valence-corrected chi connectivity index (χ1v) is 16.4. The molecule has 0 aliphatic rings. The standard InChI is InChI=1S/4C8H16O3.Zr/c4*1-3-5-6-7(4-2)8(9)11-10;/h4*7,10H,3-6H2,1-2H3;/q;;;;+4/p-4. The van der Waals surface area contributed by atoms with Crippen molar-refractivity contribution in [3.8, 4) is 0 Å². The summed E-state index contributed by atoms with van der Waals surface area (Å²) in [6.07, 6.45) is 14.0. The molecule has 0 saturated heterocycles. The topological polar surface area (TPSA) is 197 Å². The van der Waals surface area contributed by atoms with Crippen LogP contribution in [0.1, 0.15) is 158 Å². The third-order valence-corrected chi connectivity index (χ3v) is 7.26. The summed E-state index contributed by atoms with van der Waals surface area (Å²) in [7, 11) is 0. The van der Waals surface area contributed by atoms with E-state index in [0.717, 1.165) is 77.0 Å². The minimum Gasteiger partial charge on any atom is -0.662 e. The second kappa shape index (κ2) is 40.6. The van der Waals surface area contributed by atoms with E-state index in [2.05, 4.69) is 47.2 Å². The van der Waals surface area contributed by atoms with E-state index in [1.807, 2.05) is 27.7 Å². The van der Waals surface area contributed by atoms with Gasteiger partial charge in [-0.1, -0.05) is 107 Å². The van der Waals surface area contributed by atoms with Crippen molar-refractivity contribution in [2.75, 3.05) is 0 Å². The van der Waals surface area contributed by atoms with Gasteiger partial charge in [0.2, 0.25) is 0 Å². The Labute approximate surface area is 290 Å². The average molecular weight is 728 g/mol. The second-order valence-electron chi connectivity index (χ2n) is 10.6. The van der Waals surface area contributed by atoms with Crippen LogP contribution in [0.5, 0.6) is 0 Å². The monoisotopic (exact) mass is 726 g/mol. The Morgan fingerprint density at radius 3 is 0.644 bits per heavy atom. The van der Waals surface area contributed by atoms with Gasteiger partial charge >= 0.3 is 50.1 Å². The van der Waals surface area contributed by atoms with Crippen molar-refractivity contribution in [3.05, 3.63) is 0 Å². The van der Waals surface area contributed by atoms with Crippen molar-refractivity contribution in [2.45, 2.75) is 158 Å². The molecule has 0 amide bonds. The first kappa shape index (κ1) is 53.1. The van der Waals surface area contributed by atoms with E-state index in [4.69, 9.17) is 0 Å². The Bertz CT molecular complexity index is 567. The molecule has 0 aromatic rings. The van der Waals surface area contributed by atoms with Gasteiger partial charge < -0.3 is 40.6 Å². The van der Waals surface area contributed by atoms with Gasteiger partial charge in [-0.15, -0.1) is 0 Å². The van der Waals surface area contributed by atoms with Crippen molar-refractivity contribution in [3.63, 3.8) is 0 Å². The summed E-state index contributed by atoms with van der Waals surface area (Å²) in [6, 6.07) is 0. The van der Waals surface area contributed by atoms with E-state index in [1.165, 1.54) is 0 Å². The molecule has 0 aliphatic heterocycles. The number of carbonyl (C=O) groups excluding carboxylic acids is 4. The zero-order valence-corrected chi connectivity index (χ0v) is 31.5. The van der Waals surface area contributed by atoms with Gasteiger partial charge in [0.1, 0.15) is 0 Å². The zero-order chi connectivity index (χ0) is 34.8. The normalized spacial score (nSPS) is 12.4. The van der Waals surface area contributed by atoms with Crippen LogP contribution in [0.4, 0.5) is 0 Å². The van der Waals surface area contributed by atoms with Gasteiger partial charge in [0.15, 0.2) is 0 Å². The molecule has 0 spiro atoms. The van der Waals surface area contributed by atoms with E-state index >= 15 is 0 Å². The average Bonchev–Trinajstić information content (AvgIpc) is 3.06. The van der Waals surface area contributed by atoms with Crippen molar-refractivity contribution in [1.82, 2.24) is 0 Å². The fraction of sp³-hybridized carbons (Fsp3) is 0.875. The largest absolute Gasteiger partial charge is 4.00 e. The molecule has 0 aliphatic carbocycles. The Morgan fingerprint density at radius 2 is 0.556 bits per heavy atom. The first-order valence-electron chi connectivity index (χ1n) is 16.4. The van der Waals surface area contributed by atoms with Crippen LogP contribution in [0, 0.1) is 23.7 Å². The number of rotatable bonds is 20. The van der Waals surface area contributed by atoms with Gasteiger partial charge in [-0.25, -0.2) is 0 Å². The maximum absolute atomic E-state index is 10.7. The Morgan fingerprint density at radius 1 is 0.400 bits per heavy atom. The molecular formula is C32H60O12Zr. The maximum Gasteiger partial charge on any atom is 4.00 e. The summed E-state index contributed by atoms with van der Waals surface area (Å²) < 4.78 is 0. The quantitative estimate of drug-likeness (QED) is 0.129. The van der Waals surface area contributed by atoms with E-state index in [1.54, 1.807) is 0 Å². The molecule has 4 atom stereocenters. The molecule has 0 saturated carbocycles. The van der Waals surface area contributed by atoms with Crippen molar-refractivity contribution >= 4 is 23.9 Å². The molecule has 0 rings (SSSR count). The molecule has 0 fully saturated rings. The number of unbranched alkanes of at least 4 members (excludes halogenated alkanes) is 4. The Kier molecular flexibility index (Phi) is 47.9. The minimum atomic E-state index is -0.610. The van der Waals surface area contributed by atoms with Crippen LogP contribution in [0.15, 0.2) is 0 Å². The molecule has 45 heavy (non-hydrogen) atoms. The van der Waals surface area contributed by atoms with E-state index < -0.39 is 23.9 Å². The van der Waals surface area contributed by atoms with Crippen LogP contribution in [0.3, 0.4) is 0 Å². The predicted octanol–water partition coefficient (Wildman–Crippen LogP) is 4.08. The zero-order valence-electron chi connectivity index (χ0n) is 29.0. The van der Waals surface area contributed by atoms with Gasteiger partial charge in [0.25, 0.3) is 0 Å². The van der Waals surface area contributed by atoms with Crippen LogP contribution in [0.25, 0.3) is 0 Å².